The molecule has 0 radical (unpaired) electrons. The molecule has 2 rings (SSSR count). The number of rotatable bonds is 11. The summed E-state index contributed by atoms with van der Waals surface area (Å²) in [5.41, 5.74) is 7.91. The molecule has 2 aromatic rings. The molecule has 0 heterocycles. The Hall–Kier alpha value is -2.90. The summed E-state index contributed by atoms with van der Waals surface area (Å²) in [4.78, 5) is 23.9. The van der Waals surface area contributed by atoms with E-state index in [9.17, 15) is 19.8 Å². The highest BCUT2D eigenvalue weighted by atomic mass is 16.4. The number of carbonyl (C=O) groups is 2. The van der Waals surface area contributed by atoms with Gasteiger partial charge in [-0.3, -0.25) is 4.79 Å². The first-order valence-corrected chi connectivity index (χ1v) is 10.6. The smallest absolute Gasteiger partial charge is 0.404 e. The lowest BCUT2D eigenvalue weighted by atomic mass is 9.93. The first-order valence-electron chi connectivity index (χ1n) is 10.6. The standard InChI is InChI=1S/C24H33N3O4/c1-16(2)22(25)23(29)26-19(13-17-9-5-3-6-10-17)15-21(28)20(27-24(30)31)14-18-11-7-4-8-12-18/h3-12,16,19-22,27-28H,13-15,25H2,1-2H3,(H,26,29)(H,30,31)/t19-,20-,21-,22?/m0/s1. The number of amides is 2. The van der Waals surface area contributed by atoms with Crippen molar-refractivity contribution in [3.8, 4) is 0 Å². The molecule has 0 aliphatic rings. The van der Waals surface area contributed by atoms with Gasteiger partial charge in [0, 0.05) is 6.04 Å². The molecule has 168 valence electrons. The number of nitrogens with two attached hydrogens (primary N) is 1. The zero-order valence-electron chi connectivity index (χ0n) is 18.1. The molecule has 7 nitrogen and oxygen atoms in total. The number of nitrogens with one attached hydrogen (secondary N) is 2. The SMILES string of the molecule is CC(C)C(N)C(=O)N[C@@H](Cc1ccccc1)C[C@H](O)[C@H](Cc1ccccc1)NC(=O)O. The van der Waals surface area contributed by atoms with E-state index in [0.29, 0.717) is 12.8 Å². The molecule has 0 aliphatic carbocycles. The lowest BCUT2D eigenvalue weighted by molar-refractivity contribution is -0.124. The summed E-state index contributed by atoms with van der Waals surface area (Å²) < 4.78 is 0. The van der Waals surface area contributed by atoms with E-state index in [-0.39, 0.29) is 18.2 Å². The van der Waals surface area contributed by atoms with E-state index in [0.717, 1.165) is 11.1 Å². The van der Waals surface area contributed by atoms with Gasteiger partial charge in [-0.2, -0.15) is 0 Å². The minimum atomic E-state index is -1.20. The summed E-state index contributed by atoms with van der Waals surface area (Å²) in [7, 11) is 0. The van der Waals surface area contributed by atoms with Gasteiger partial charge >= 0.3 is 6.09 Å². The van der Waals surface area contributed by atoms with Crippen LogP contribution in [-0.2, 0) is 17.6 Å². The zero-order valence-corrected chi connectivity index (χ0v) is 18.1. The molecule has 0 fully saturated rings. The van der Waals surface area contributed by atoms with Gasteiger partial charge in [-0.1, -0.05) is 74.5 Å². The lowest BCUT2D eigenvalue weighted by Gasteiger charge is -2.29. The maximum Gasteiger partial charge on any atom is 0.404 e. The van der Waals surface area contributed by atoms with Crippen molar-refractivity contribution in [2.45, 2.75) is 57.3 Å². The molecule has 2 amide bonds. The maximum atomic E-state index is 12.6. The van der Waals surface area contributed by atoms with Crippen molar-refractivity contribution in [1.29, 1.82) is 0 Å². The van der Waals surface area contributed by atoms with Crippen molar-refractivity contribution in [3.05, 3.63) is 71.8 Å². The molecule has 0 aliphatic heterocycles. The Morgan fingerprint density at radius 1 is 0.903 bits per heavy atom. The van der Waals surface area contributed by atoms with Crippen LogP contribution in [0.4, 0.5) is 4.79 Å². The Balaban J connectivity index is 2.16. The summed E-state index contributed by atoms with van der Waals surface area (Å²) in [6.45, 7) is 3.75. The number of hydrogen-bond donors (Lipinski definition) is 5. The van der Waals surface area contributed by atoms with Gasteiger partial charge < -0.3 is 26.6 Å². The van der Waals surface area contributed by atoms with Crippen molar-refractivity contribution in [2.24, 2.45) is 11.7 Å². The minimum Gasteiger partial charge on any atom is -0.465 e. The van der Waals surface area contributed by atoms with Gasteiger partial charge in [0.15, 0.2) is 0 Å². The molecule has 1 unspecified atom stereocenters. The molecule has 7 heteroatoms. The number of aliphatic hydroxyl groups is 1. The third-order valence-electron chi connectivity index (χ3n) is 5.29. The summed E-state index contributed by atoms with van der Waals surface area (Å²) in [6.07, 6.45) is -1.18. The number of aliphatic hydroxyl groups excluding tert-OH is 1. The van der Waals surface area contributed by atoms with Gasteiger partial charge in [-0.05, 0) is 36.3 Å². The van der Waals surface area contributed by atoms with E-state index in [4.69, 9.17) is 5.73 Å². The quantitative estimate of drug-likeness (QED) is 0.376. The van der Waals surface area contributed by atoms with Crippen LogP contribution in [-0.4, -0.2) is 46.4 Å². The summed E-state index contributed by atoms with van der Waals surface area (Å²) in [5, 5.41) is 25.5. The van der Waals surface area contributed by atoms with Crippen LogP contribution in [0.5, 0.6) is 0 Å². The normalized spacial score (nSPS) is 15.0. The predicted molar refractivity (Wildman–Crippen MR) is 121 cm³/mol. The Labute approximate surface area is 183 Å². The highest BCUT2D eigenvalue weighted by Gasteiger charge is 2.27. The van der Waals surface area contributed by atoms with Crippen molar-refractivity contribution in [2.75, 3.05) is 0 Å². The predicted octanol–water partition coefficient (Wildman–Crippen LogP) is 2.33. The summed E-state index contributed by atoms with van der Waals surface area (Å²) in [6, 6.07) is 17.2. The average molecular weight is 428 g/mol. The van der Waals surface area contributed by atoms with E-state index in [1.807, 2.05) is 74.5 Å². The molecule has 31 heavy (non-hydrogen) atoms. The maximum absolute atomic E-state index is 12.6. The Morgan fingerprint density at radius 3 is 1.90 bits per heavy atom. The second kappa shape index (κ2) is 12.1. The summed E-state index contributed by atoms with van der Waals surface area (Å²) >= 11 is 0. The van der Waals surface area contributed by atoms with Crippen LogP contribution in [0.25, 0.3) is 0 Å². The Kier molecular flexibility index (Phi) is 9.49. The number of carbonyl (C=O) groups excluding carboxylic acids is 1. The lowest BCUT2D eigenvalue weighted by Crippen LogP contribution is -2.51. The van der Waals surface area contributed by atoms with Crippen molar-refractivity contribution >= 4 is 12.0 Å². The van der Waals surface area contributed by atoms with Crippen LogP contribution in [0.3, 0.4) is 0 Å². The van der Waals surface area contributed by atoms with Crippen LogP contribution < -0.4 is 16.4 Å². The van der Waals surface area contributed by atoms with Crippen LogP contribution in [0.2, 0.25) is 0 Å². The largest absolute Gasteiger partial charge is 0.465 e. The highest BCUT2D eigenvalue weighted by molar-refractivity contribution is 5.82. The molecule has 6 N–H and O–H groups in total. The van der Waals surface area contributed by atoms with Gasteiger partial charge in [0.25, 0.3) is 0 Å². The van der Waals surface area contributed by atoms with Gasteiger partial charge in [-0.25, -0.2) is 4.79 Å². The first kappa shape index (κ1) is 24.4. The van der Waals surface area contributed by atoms with Crippen LogP contribution >= 0.6 is 0 Å². The summed E-state index contributed by atoms with van der Waals surface area (Å²) in [5.74, 6) is -0.310. The monoisotopic (exact) mass is 427 g/mol. The second-order valence-corrected chi connectivity index (χ2v) is 8.21. The first-order chi connectivity index (χ1) is 14.8. The molecule has 0 saturated carbocycles. The van der Waals surface area contributed by atoms with E-state index < -0.39 is 30.3 Å². The van der Waals surface area contributed by atoms with E-state index in [1.165, 1.54) is 0 Å². The molecule has 0 spiro atoms. The number of hydrogen-bond acceptors (Lipinski definition) is 4. The van der Waals surface area contributed by atoms with Gasteiger partial charge in [0.1, 0.15) is 0 Å². The molecule has 2 aromatic carbocycles. The minimum absolute atomic E-state index is 0.0261. The Bertz CT molecular complexity index is 814. The van der Waals surface area contributed by atoms with Gasteiger partial charge in [0.05, 0.1) is 18.2 Å². The van der Waals surface area contributed by atoms with Crippen molar-refractivity contribution in [3.63, 3.8) is 0 Å². The molecule has 0 aromatic heterocycles. The van der Waals surface area contributed by atoms with E-state index in [1.54, 1.807) is 0 Å². The molecule has 0 bridgehead atoms. The number of carboxylic acid groups (broad SMARTS) is 1. The zero-order chi connectivity index (χ0) is 22.8. The van der Waals surface area contributed by atoms with E-state index >= 15 is 0 Å². The van der Waals surface area contributed by atoms with Gasteiger partial charge in [-0.15, -0.1) is 0 Å². The van der Waals surface area contributed by atoms with Crippen molar-refractivity contribution in [1.82, 2.24) is 10.6 Å². The molecular formula is C24H33N3O4. The average Bonchev–Trinajstić information content (AvgIpc) is 2.73. The molecule has 4 atom stereocenters. The van der Waals surface area contributed by atoms with Crippen LogP contribution in [0, 0.1) is 5.92 Å². The Morgan fingerprint density at radius 2 is 1.42 bits per heavy atom. The fourth-order valence-corrected chi connectivity index (χ4v) is 3.46. The topological polar surface area (TPSA) is 125 Å². The molecular weight excluding hydrogens is 394 g/mol. The fourth-order valence-electron chi connectivity index (χ4n) is 3.46. The van der Waals surface area contributed by atoms with Crippen molar-refractivity contribution < 1.29 is 19.8 Å². The third kappa shape index (κ3) is 8.39. The third-order valence-corrected chi connectivity index (χ3v) is 5.29. The van der Waals surface area contributed by atoms with Crippen LogP contribution in [0.15, 0.2) is 60.7 Å². The van der Waals surface area contributed by atoms with E-state index in [2.05, 4.69) is 10.6 Å². The van der Waals surface area contributed by atoms with Crippen LogP contribution in [0.1, 0.15) is 31.4 Å². The second-order valence-electron chi connectivity index (χ2n) is 8.21. The van der Waals surface area contributed by atoms with Gasteiger partial charge in [0.2, 0.25) is 5.91 Å². The highest BCUT2D eigenvalue weighted by Crippen LogP contribution is 2.14. The number of benzene rings is 2. The fraction of sp³-hybridized carbons (Fsp3) is 0.417. The molecule has 0 saturated heterocycles.